The predicted octanol–water partition coefficient (Wildman–Crippen LogP) is 5.59. The number of ether oxygens (including phenoxy) is 3. The quantitative estimate of drug-likeness (QED) is 0.276. The molecule has 6 nitrogen and oxygen atoms in total. The first kappa shape index (κ1) is 20.6. The lowest BCUT2D eigenvalue weighted by atomic mass is 10.1. The van der Waals surface area contributed by atoms with Gasteiger partial charge in [0.1, 0.15) is 31.3 Å². The molecule has 0 radical (unpaired) electrons. The molecule has 0 atom stereocenters. The van der Waals surface area contributed by atoms with E-state index < -0.39 is 0 Å². The molecule has 1 aromatic heterocycles. The van der Waals surface area contributed by atoms with Gasteiger partial charge < -0.3 is 18.7 Å². The molecule has 0 saturated heterocycles. The molecule has 33 heavy (non-hydrogen) atoms. The summed E-state index contributed by atoms with van der Waals surface area (Å²) in [7, 11) is 0. The predicted molar refractivity (Wildman–Crippen MR) is 124 cm³/mol. The summed E-state index contributed by atoms with van der Waals surface area (Å²) in [6, 6.07) is 24.2. The number of carbonyl (C=O) groups excluding carboxylic acids is 1. The van der Waals surface area contributed by atoms with Crippen LogP contribution in [-0.2, 0) is 6.61 Å². The van der Waals surface area contributed by atoms with Crippen molar-refractivity contribution in [1.82, 2.24) is 5.16 Å². The summed E-state index contributed by atoms with van der Waals surface area (Å²) >= 11 is 0. The Balaban J connectivity index is 1.19. The second kappa shape index (κ2) is 9.44. The number of allylic oxidation sites excluding steroid dienone is 1. The van der Waals surface area contributed by atoms with Crippen LogP contribution in [-0.4, -0.2) is 24.2 Å². The molecular weight excluding hydrogens is 418 g/mol. The van der Waals surface area contributed by atoms with Crippen molar-refractivity contribution in [2.75, 3.05) is 13.2 Å². The minimum Gasteiger partial charge on any atom is -0.486 e. The van der Waals surface area contributed by atoms with Gasteiger partial charge >= 0.3 is 0 Å². The Bertz CT molecular complexity index is 1280. The highest BCUT2D eigenvalue weighted by molar-refractivity contribution is 6.06. The number of hydrogen-bond acceptors (Lipinski definition) is 6. The number of ketones is 1. The maximum absolute atomic E-state index is 12.4. The van der Waals surface area contributed by atoms with E-state index in [9.17, 15) is 4.79 Å². The molecule has 6 heteroatoms. The third-order valence-electron chi connectivity index (χ3n) is 5.14. The third-order valence-corrected chi connectivity index (χ3v) is 5.14. The Kier molecular flexibility index (Phi) is 5.89. The van der Waals surface area contributed by atoms with E-state index >= 15 is 0 Å². The van der Waals surface area contributed by atoms with Crippen LogP contribution in [0.5, 0.6) is 17.2 Å². The van der Waals surface area contributed by atoms with Crippen molar-refractivity contribution < 1.29 is 23.5 Å². The Hall–Kier alpha value is -4.32. The fourth-order valence-electron chi connectivity index (χ4n) is 3.42. The summed E-state index contributed by atoms with van der Waals surface area (Å²) in [6.45, 7) is 1.30. The van der Waals surface area contributed by atoms with Crippen molar-refractivity contribution >= 4 is 11.9 Å². The minimum absolute atomic E-state index is 0.0651. The fraction of sp³-hybridized carbons (Fsp3) is 0.111. The summed E-state index contributed by atoms with van der Waals surface area (Å²) in [4.78, 5) is 12.4. The van der Waals surface area contributed by atoms with Crippen molar-refractivity contribution in [1.29, 1.82) is 0 Å². The molecule has 1 aliphatic heterocycles. The number of carbonyl (C=O) groups is 1. The first-order chi connectivity index (χ1) is 16.2. The first-order valence-corrected chi connectivity index (χ1v) is 10.6. The van der Waals surface area contributed by atoms with Crippen molar-refractivity contribution in [3.63, 3.8) is 0 Å². The average Bonchev–Trinajstić information content (AvgIpc) is 3.36. The van der Waals surface area contributed by atoms with Gasteiger partial charge in [-0.1, -0.05) is 41.6 Å². The zero-order valence-corrected chi connectivity index (χ0v) is 17.8. The van der Waals surface area contributed by atoms with Gasteiger partial charge in [0, 0.05) is 17.2 Å². The smallest absolute Gasteiger partial charge is 0.185 e. The van der Waals surface area contributed by atoms with Gasteiger partial charge in [-0.05, 0) is 54.1 Å². The Morgan fingerprint density at radius 1 is 0.909 bits per heavy atom. The molecule has 5 rings (SSSR count). The van der Waals surface area contributed by atoms with Gasteiger partial charge in [0.25, 0.3) is 0 Å². The van der Waals surface area contributed by atoms with Crippen LogP contribution in [0.15, 0.2) is 89.5 Å². The van der Waals surface area contributed by atoms with E-state index in [0.29, 0.717) is 41.7 Å². The molecule has 164 valence electrons. The first-order valence-electron chi connectivity index (χ1n) is 10.6. The lowest BCUT2D eigenvalue weighted by molar-refractivity contribution is 0.104. The van der Waals surface area contributed by atoms with Crippen molar-refractivity contribution in [2.24, 2.45) is 0 Å². The van der Waals surface area contributed by atoms with Gasteiger partial charge in [-0.3, -0.25) is 4.79 Å². The largest absolute Gasteiger partial charge is 0.486 e. The molecule has 0 amide bonds. The molecule has 0 aliphatic carbocycles. The average molecular weight is 439 g/mol. The van der Waals surface area contributed by atoms with E-state index in [2.05, 4.69) is 5.16 Å². The van der Waals surface area contributed by atoms with Crippen molar-refractivity contribution in [3.8, 4) is 28.5 Å². The molecule has 0 unspecified atom stereocenters. The highest BCUT2D eigenvalue weighted by Crippen LogP contribution is 2.34. The van der Waals surface area contributed by atoms with Crippen LogP contribution in [0, 0.1) is 0 Å². The molecule has 1 aliphatic rings. The molecule has 0 spiro atoms. The van der Waals surface area contributed by atoms with E-state index in [1.165, 1.54) is 0 Å². The van der Waals surface area contributed by atoms with E-state index in [-0.39, 0.29) is 12.4 Å². The Morgan fingerprint density at radius 2 is 1.70 bits per heavy atom. The van der Waals surface area contributed by atoms with Gasteiger partial charge in [-0.2, -0.15) is 0 Å². The second-order valence-electron chi connectivity index (χ2n) is 7.46. The molecule has 0 fully saturated rings. The number of benzene rings is 3. The monoisotopic (exact) mass is 439 g/mol. The van der Waals surface area contributed by atoms with Crippen LogP contribution in [0.4, 0.5) is 0 Å². The minimum atomic E-state index is -0.0651. The zero-order valence-electron chi connectivity index (χ0n) is 17.8. The number of fused-ring (bicyclic) bond motifs is 1. The maximum Gasteiger partial charge on any atom is 0.185 e. The van der Waals surface area contributed by atoms with Gasteiger partial charge in [-0.15, -0.1) is 0 Å². The highest BCUT2D eigenvalue weighted by atomic mass is 16.6. The third kappa shape index (κ3) is 4.96. The van der Waals surface area contributed by atoms with Crippen molar-refractivity contribution in [3.05, 3.63) is 102 Å². The topological polar surface area (TPSA) is 70.8 Å². The van der Waals surface area contributed by atoms with Crippen LogP contribution in [0.2, 0.25) is 0 Å². The van der Waals surface area contributed by atoms with Crippen LogP contribution >= 0.6 is 0 Å². The molecule has 0 bridgehead atoms. The van der Waals surface area contributed by atoms with Gasteiger partial charge in [0.15, 0.2) is 23.0 Å². The summed E-state index contributed by atoms with van der Waals surface area (Å²) in [5.41, 5.74) is 3.14. The molecule has 0 saturated carbocycles. The number of aromatic nitrogens is 1. The van der Waals surface area contributed by atoms with E-state index in [4.69, 9.17) is 18.7 Å². The van der Waals surface area contributed by atoms with E-state index in [0.717, 1.165) is 16.9 Å². The van der Waals surface area contributed by atoms with Gasteiger partial charge in [0.05, 0.1) is 0 Å². The van der Waals surface area contributed by atoms with E-state index in [1.54, 1.807) is 36.4 Å². The molecular formula is C27H21NO5. The summed E-state index contributed by atoms with van der Waals surface area (Å²) in [6.07, 6.45) is 3.37. The normalized spacial score (nSPS) is 12.6. The zero-order chi connectivity index (χ0) is 22.5. The number of hydrogen-bond donors (Lipinski definition) is 0. The highest BCUT2D eigenvalue weighted by Gasteiger charge is 2.14. The lowest BCUT2D eigenvalue weighted by Crippen LogP contribution is -2.15. The molecule has 3 aromatic carbocycles. The molecule has 0 N–H and O–H groups in total. The van der Waals surface area contributed by atoms with Crippen LogP contribution in [0.3, 0.4) is 0 Å². The Labute approximate surface area is 191 Å². The summed E-state index contributed by atoms with van der Waals surface area (Å²) < 4.78 is 22.4. The van der Waals surface area contributed by atoms with Crippen molar-refractivity contribution in [2.45, 2.75) is 6.61 Å². The van der Waals surface area contributed by atoms with Gasteiger partial charge in [-0.25, -0.2) is 0 Å². The van der Waals surface area contributed by atoms with Gasteiger partial charge in [0.2, 0.25) is 0 Å². The summed E-state index contributed by atoms with van der Waals surface area (Å²) in [5.74, 6) is 2.59. The van der Waals surface area contributed by atoms with Crippen LogP contribution < -0.4 is 14.2 Å². The van der Waals surface area contributed by atoms with E-state index in [1.807, 2.05) is 54.6 Å². The number of nitrogens with zero attached hydrogens (tertiary/aromatic N) is 1. The van der Waals surface area contributed by atoms with Crippen LogP contribution in [0.25, 0.3) is 17.3 Å². The fourth-order valence-corrected chi connectivity index (χ4v) is 3.42. The second-order valence-corrected chi connectivity index (χ2v) is 7.46. The Morgan fingerprint density at radius 3 is 2.52 bits per heavy atom. The standard InChI is InChI=1S/C27H21NO5/c29-25(12-6-19-4-2-1-3-5-19)20-7-10-22(11-8-20)32-18-23-17-24(28-33-23)21-9-13-26-27(16-21)31-15-14-30-26/h1-13,16-17H,14-15,18H2. The SMILES string of the molecule is O=C(C=Cc1ccccc1)c1ccc(OCc2cc(-c3ccc4c(c3)OCCO4)no2)cc1. The molecule has 2 heterocycles. The molecule has 4 aromatic rings. The van der Waals surface area contributed by atoms with Crippen LogP contribution in [0.1, 0.15) is 21.7 Å². The maximum atomic E-state index is 12.4. The number of rotatable bonds is 7. The summed E-state index contributed by atoms with van der Waals surface area (Å²) in [5, 5.41) is 4.13. The lowest BCUT2D eigenvalue weighted by Gasteiger charge is -2.18.